The summed E-state index contributed by atoms with van der Waals surface area (Å²) in [6.45, 7) is 1.37. The Morgan fingerprint density at radius 2 is 1.92 bits per heavy atom. The zero-order chi connectivity index (χ0) is 19.3. The van der Waals surface area contributed by atoms with Crippen molar-refractivity contribution in [2.45, 2.75) is 6.92 Å². The second kappa shape index (κ2) is 6.03. The van der Waals surface area contributed by atoms with E-state index in [4.69, 9.17) is 17.3 Å². The van der Waals surface area contributed by atoms with Gasteiger partial charge in [0.25, 0.3) is 0 Å². The molecule has 0 aliphatic heterocycles. The molecule has 0 aliphatic carbocycles. The first kappa shape index (κ1) is 17.7. The maximum Gasteiger partial charge on any atom is 0.344 e. The number of aryl methyl sites for hydroxylation is 1. The van der Waals surface area contributed by atoms with Crippen molar-refractivity contribution in [3.05, 3.63) is 62.2 Å². The molecule has 0 aliphatic rings. The molecule has 0 unspecified atom stereocenters. The van der Waals surface area contributed by atoms with Crippen LogP contribution in [0.4, 0.5) is 19.0 Å². The van der Waals surface area contributed by atoms with E-state index in [1.807, 2.05) is 0 Å². The molecule has 2 heterocycles. The van der Waals surface area contributed by atoms with E-state index in [0.717, 1.165) is 18.2 Å². The quantitative estimate of drug-likeness (QED) is 0.663. The number of nitrogen functional groups attached to an aromatic ring is 1. The van der Waals surface area contributed by atoms with Crippen molar-refractivity contribution in [3.8, 4) is 5.82 Å². The maximum atomic E-state index is 14.9. The summed E-state index contributed by atoms with van der Waals surface area (Å²) in [6, 6.07) is 2.51. The molecule has 0 amide bonds. The molecule has 6 nitrogen and oxygen atoms in total. The number of hydrogen-bond donors (Lipinski definition) is 2. The third-order valence-electron chi connectivity index (χ3n) is 3.72. The molecular formula is C16H9ClF3N3O3. The standard InChI is InChI=1S/C16H9ClF3N3O3/c1-5-2-9(19)14(21)22-15(5)23-11-7(3-6(18)4-8(11)17)12(24)10(13(23)20)16(25)26/h2-4H,1H3,(H2,21,22)(H,25,26). The molecule has 0 bridgehead atoms. The fourth-order valence-corrected chi connectivity index (χ4v) is 2.89. The average molecular weight is 384 g/mol. The number of carboxylic acid groups (broad SMARTS) is 1. The zero-order valence-electron chi connectivity index (χ0n) is 13.0. The average Bonchev–Trinajstić information content (AvgIpc) is 2.52. The summed E-state index contributed by atoms with van der Waals surface area (Å²) in [4.78, 5) is 27.4. The Kier molecular flexibility index (Phi) is 4.11. The molecule has 3 N–H and O–H groups in total. The number of aromatic nitrogens is 2. The smallest absolute Gasteiger partial charge is 0.344 e. The van der Waals surface area contributed by atoms with Crippen LogP contribution in [0.3, 0.4) is 0 Å². The number of nitrogens with zero attached hydrogens (tertiary/aromatic N) is 2. The van der Waals surface area contributed by atoms with Gasteiger partial charge in [-0.2, -0.15) is 4.39 Å². The molecule has 0 atom stereocenters. The molecular weight excluding hydrogens is 375 g/mol. The molecule has 2 aromatic heterocycles. The Bertz CT molecular complexity index is 1160. The number of fused-ring (bicyclic) bond motifs is 1. The first-order valence-corrected chi connectivity index (χ1v) is 7.40. The van der Waals surface area contributed by atoms with Crippen molar-refractivity contribution in [1.29, 1.82) is 0 Å². The first-order valence-electron chi connectivity index (χ1n) is 7.03. The lowest BCUT2D eigenvalue weighted by Gasteiger charge is -2.17. The second-order valence-corrected chi connectivity index (χ2v) is 5.82. The fraction of sp³-hybridized carbons (Fsp3) is 0.0625. The van der Waals surface area contributed by atoms with E-state index in [0.29, 0.717) is 4.57 Å². The summed E-state index contributed by atoms with van der Waals surface area (Å²) < 4.78 is 42.8. The van der Waals surface area contributed by atoms with E-state index in [2.05, 4.69) is 4.98 Å². The minimum Gasteiger partial charge on any atom is -0.477 e. The molecule has 0 saturated carbocycles. The van der Waals surface area contributed by atoms with Gasteiger partial charge < -0.3 is 10.8 Å². The number of anilines is 1. The monoisotopic (exact) mass is 383 g/mol. The highest BCUT2D eigenvalue weighted by molar-refractivity contribution is 6.35. The minimum atomic E-state index is -1.86. The van der Waals surface area contributed by atoms with Gasteiger partial charge in [-0.25, -0.2) is 18.6 Å². The molecule has 10 heteroatoms. The van der Waals surface area contributed by atoms with E-state index in [1.165, 1.54) is 6.92 Å². The van der Waals surface area contributed by atoms with E-state index < -0.39 is 45.7 Å². The van der Waals surface area contributed by atoms with Crippen molar-refractivity contribution in [3.63, 3.8) is 0 Å². The van der Waals surface area contributed by atoms with Gasteiger partial charge in [0, 0.05) is 0 Å². The van der Waals surface area contributed by atoms with Crippen molar-refractivity contribution >= 4 is 34.3 Å². The Hall–Kier alpha value is -3.07. The third-order valence-corrected chi connectivity index (χ3v) is 4.01. The summed E-state index contributed by atoms with van der Waals surface area (Å²) >= 11 is 5.97. The Morgan fingerprint density at radius 1 is 1.27 bits per heavy atom. The van der Waals surface area contributed by atoms with Gasteiger partial charge in [0.05, 0.1) is 15.9 Å². The minimum absolute atomic E-state index is 0.0808. The molecule has 3 rings (SSSR count). The highest BCUT2D eigenvalue weighted by Gasteiger charge is 2.26. The van der Waals surface area contributed by atoms with Gasteiger partial charge in [-0.05, 0) is 30.7 Å². The van der Waals surface area contributed by atoms with Crippen LogP contribution in [0.5, 0.6) is 0 Å². The van der Waals surface area contributed by atoms with Crippen LogP contribution < -0.4 is 11.2 Å². The Morgan fingerprint density at radius 3 is 2.54 bits per heavy atom. The van der Waals surface area contributed by atoms with E-state index >= 15 is 0 Å². The second-order valence-electron chi connectivity index (χ2n) is 5.42. The van der Waals surface area contributed by atoms with Crippen LogP contribution in [-0.4, -0.2) is 20.6 Å². The number of nitrogens with two attached hydrogens (primary N) is 1. The maximum absolute atomic E-state index is 14.9. The van der Waals surface area contributed by atoms with Gasteiger partial charge in [0.2, 0.25) is 11.4 Å². The number of benzene rings is 1. The lowest BCUT2D eigenvalue weighted by molar-refractivity contribution is 0.0689. The van der Waals surface area contributed by atoms with Crippen molar-refractivity contribution in [1.82, 2.24) is 9.55 Å². The Balaban J connectivity index is 2.63. The summed E-state index contributed by atoms with van der Waals surface area (Å²) in [5.74, 6) is -6.01. The van der Waals surface area contributed by atoms with Crippen molar-refractivity contribution in [2.75, 3.05) is 5.73 Å². The lowest BCUT2D eigenvalue weighted by Crippen LogP contribution is -2.24. The number of carbonyl (C=O) groups is 1. The van der Waals surface area contributed by atoms with Gasteiger partial charge in [-0.1, -0.05) is 11.6 Å². The molecule has 0 spiro atoms. The molecule has 1 aromatic carbocycles. The van der Waals surface area contributed by atoms with Crippen LogP contribution in [0.25, 0.3) is 16.7 Å². The van der Waals surface area contributed by atoms with Gasteiger partial charge in [0.15, 0.2) is 17.2 Å². The van der Waals surface area contributed by atoms with Crippen LogP contribution in [0.2, 0.25) is 5.02 Å². The fourth-order valence-electron chi connectivity index (χ4n) is 2.60. The van der Waals surface area contributed by atoms with Crippen LogP contribution in [0.1, 0.15) is 15.9 Å². The summed E-state index contributed by atoms with van der Waals surface area (Å²) in [5, 5.41) is 8.36. The zero-order valence-corrected chi connectivity index (χ0v) is 13.7. The predicted octanol–water partition coefficient (Wildman–Crippen LogP) is 3.05. The number of aromatic carboxylic acids is 1. The highest BCUT2D eigenvalue weighted by atomic mass is 35.5. The van der Waals surface area contributed by atoms with Crippen LogP contribution >= 0.6 is 11.6 Å². The number of rotatable bonds is 2. The lowest BCUT2D eigenvalue weighted by atomic mass is 10.1. The number of halogens is 4. The van der Waals surface area contributed by atoms with Gasteiger partial charge in [-0.15, -0.1) is 0 Å². The molecule has 134 valence electrons. The van der Waals surface area contributed by atoms with Gasteiger partial charge in [0.1, 0.15) is 11.6 Å². The largest absolute Gasteiger partial charge is 0.477 e. The molecule has 0 radical (unpaired) electrons. The highest BCUT2D eigenvalue weighted by Crippen LogP contribution is 2.29. The topological polar surface area (TPSA) is 98.2 Å². The van der Waals surface area contributed by atoms with E-state index in [-0.39, 0.29) is 21.9 Å². The molecule has 3 aromatic rings. The normalized spacial score (nSPS) is 11.1. The number of pyridine rings is 2. The van der Waals surface area contributed by atoms with Gasteiger partial charge >= 0.3 is 5.97 Å². The number of hydrogen-bond acceptors (Lipinski definition) is 4. The summed E-state index contributed by atoms with van der Waals surface area (Å²) in [7, 11) is 0. The van der Waals surface area contributed by atoms with Crippen LogP contribution in [0, 0.1) is 24.5 Å². The van der Waals surface area contributed by atoms with Crippen molar-refractivity contribution < 1.29 is 23.1 Å². The Labute approximate surface area is 148 Å². The van der Waals surface area contributed by atoms with Crippen molar-refractivity contribution in [2.24, 2.45) is 0 Å². The van der Waals surface area contributed by atoms with Crippen LogP contribution in [-0.2, 0) is 0 Å². The van der Waals surface area contributed by atoms with Gasteiger partial charge in [-0.3, -0.25) is 9.36 Å². The first-order chi connectivity index (χ1) is 12.1. The molecule has 26 heavy (non-hydrogen) atoms. The summed E-state index contributed by atoms with van der Waals surface area (Å²) in [6.07, 6.45) is 0. The number of carboxylic acids is 1. The molecule has 0 fully saturated rings. The summed E-state index contributed by atoms with van der Waals surface area (Å²) in [5.41, 5.74) is 2.69. The SMILES string of the molecule is Cc1cc(F)c(N)nc1-n1c(F)c(C(=O)O)c(=O)c2cc(F)cc(Cl)c21. The van der Waals surface area contributed by atoms with E-state index in [9.17, 15) is 27.9 Å². The molecule has 0 saturated heterocycles. The van der Waals surface area contributed by atoms with E-state index in [1.54, 1.807) is 0 Å². The third kappa shape index (κ3) is 2.57. The van der Waals surface area contributed by atoms with Crippen LogP contribution in [0.15, 0.2) is 23.0 Å². The predicted molar refractivity (Wildman–Crippen MR) is 88.3 cm³/mol.